The molecule has 0 unspecified atom stereocenters. The lowest BCUT2D eigenvalue weighted by molar-refractivity contribution is 0.324. The zero-order valence-electron chi connectivity index (χ0n) is 11.9. The van der Waals surface area contributed by atoms with Crippen molar-refractivity contribution in [3.05, 3.63) is 23.8 Å². The van der Waals surface area contributed by atoms with Gasteiger partial charge in [0, 0.05) is 24.7 Å². The van der Waals surface area contributed by atoms with E-state index in [1.807, 2.05) is 12.1 Å². The third-order valence-corrected chi connectivity index (χ3v) is 2.68. The smallest absolute Gasteiger partial charge is 0.223 e. The van der Waals surface area contributed by atoms with E-state index in [-0.39, 0.29) is 0 Å². The second-order valence-corrected chi connectivity index (χ2v) is 4.00. The Labute approximate surface area is 116 Å². The highest BCUT2D eigenvalue weighted by Gasteiger charge is 2.13. The molecule has 1 heterocycles. The first-order chi connectivity index (χ1) is 9.67. The molecular weight excluding hydrogens is 262 g/mol. The van der Waals surface area contributed by atoms with E-state index in [2.05, 4.69) is 15.5 Å². The molecule has 0 saturated heterocycles. The van der Waals surface area contributed by atoms with E-state index in [1.165, 1.54) is 0 Å². The van der Waals surface area contributed by atoms with Crippen LogP contribution in [0.2, 0.25) is 0 Å². The summed E-state index contributed by atoms with van der Waals surface area (Å²) in [7, 11) is 4.71. The zero-order chi connectivity index (χ0) is 14.5. The molecule has 108 valence electrons. The minimum Gasteiger partial charge on any atom is -0.493 e. The van der Waals surface area contributed by atoms with E-state index in [1.54, 1.807) is 28.3 Å². The van der Waals surface area contributed by atoms with Crippen LogP contribution in [0, 0.1) is 6.92 Å². The molecule has 0 aliphatic heterocycles. The maximum Gasteiger partial charge on any atom is 0.223 e. The quantitative estimate of drug-likeness (QED) is 0.866. The molecule has 2 aromatic rings. The lowest BCUT2D eigenvalue weighted by Crippen LogP contribution is -2.03. The van der Waals surface area contributed by atoms with Gasteiger partial charge >= 0.3 is 0 Å². The Kier molecular flexibility index (Phi) is 4.29. The van der Waals surface area contributed by atoms with E-state index in [0.29, 0.717) is 35.5 Å². The summed E-state index contributed by atoms with van der Waals surface area (Å²) in [6, 6.07) is 3.63. The number of nitrogens with zero attached hydrogens (tertiary/aromatic N) is 2. The predicted molar refractivity (Wildman–Crippen MR) is 72.5 cm³/mol. The summed E-state index contributed by atoms with van der Waals surface area (Å²) >= 11 is 0. The number of anilines is 1. The Morgan fingerprint density at radius 3 is 2.20 bits per heavy atom. The summed E-state index contributed by atoms with van der Waals surface area (Å²) in [6.45, 7) is 2.19. The Morgan fingerprint density at radius 2 is 1.75 bits per heavy atom. The van der Waals surface area contributed by atoms with Crippen LogP contribution in [0.25, 0.3) is 0 Å². The number of aromatic nitrogens is 2. The van der Waals surface area contributed by atoms with Crippen LogP contribution < -0.4 is 19.5 Å². The molecule has 2 rings (SSSR count). The first-order valence-electron chi connectivity index (χ1n) is 6.01. The van der Waals surface area contributed by atoms with Crippen LogP contribution in [0.3, 0.4) is 0 Å². The van der Waals surface area contributed by atoms with Gasteiger partial charge in [0.05, 0.1) is 27.9 Å². The molecule has 1 aromatic heterocycles. The van der Waals surface area contributed by atoms with Crippen LogP contribution in [0.4, 0.5) is 5.69 Å². The van der Waals surface area contributed by atoms with Crippen LogP contribution in [0.5, 0.6) is 17.2 Å². The van der Waals surface area contributed by atoms with E-state index in [4.69, 9.17) is 18.7 Å². The van der Waals surface area contributed by atoms with Crippen molar-refractivity contribution in [1.82, 2.24) is 10.1 Å². The van der Waals surface area contributed by atoms with Gasteiger partial charge in [0.2, 0.25) is 11.6 Å². The van der Waals surface area contributed by atoms with Crippen molar-refractivity contribution in [3.63, 3.8) is 0 Å². The Bertz CT molecular complexity index is 558. The van der Waals surface area contributed by atoms with Gasteiger partial charge in [-0.2, -0.15) is 4.98 Å². The van der Waals surface area contributed by atoms with E-state index in [9.17, 15) is 0 Å². The number of ether oxygens (including phenoxy) is 3. The first kappa shape index (κ1) is 14.0. The average molecular weight is 279 g/mol. The number of methoxy groups -OCH3 is 3. The average Bonchev–Trinajstić information content (AvgIpc) is 2.89. The topological polar surface area (TPSA) is 78.6 Å². The summed E-state index contributed by atoms with van der Waals surface area (Å²) in [4.78, 5) is 4.12. The van der Waals surface area contributed by atoms with Crippen molar-refractivity contribution in [2.24, 2.45) is 0 Å². The molecule has 0 spiro atoms. The Balaban J connectivity index is 2.19. The molecule has 1 N–H and O–H groups in total. The molecule has 1 aromatic carbocycles. The molecule has 0 saturated carbocycles. The lowest BCUT2D eigenvalue weighted by Gasteiger charge is -2.14. The number of rotatable bonds is 6. The van der Waals surface area contributed by atoms with Gasteiger partial charge in [-0.15, -0.1) is 0 Å². The molecule has 0 amide bonds. The van der Waals surface area contributed by atoms with Crippen LogP contribution in [0.15, 0.2) is 16.7 Å². The molecule has 7 nitrogen and oxygen atoms in total. The second-order valence-electron chi connectivity index (χ2n) is 4.00. The van der Waals surface area contributed by atoms with E-state index < -0.39 is 0 Å². The van der Waals surface area contributed by atoms with Crippen molar-refractivity contribution in [2.75, 3.05) is 26.6 Å². The standard InChI is InChI=1S/C13H17N3O4/c1-8-15-12(16-20-8)7-14-9-5-10(17-2)13(19-4)11(6-9)18-3/h5-6,14H,7H2,1-4H3. The molecule has 20 heavy (non-hydrogen) atoms. The summed E-state index contributed by atoms with van der Waals surface area (Å²) < 4.78 is 20.7. The van der Waals surface area contributed by atoms with E-state index >= 15 is 0 Å². The van der Waals surface area contributed by atoms with Crippen molar-refractivity contribution >= 4 is 5.69 Å². The van der Waals surface area contributed by atoms with Gasteiger partial charge in [0.15, 0.2) is 17.3 Å². The monoisotopic (exact) mass is 279 g/mol. The third kappa shape index (κ3) is 2.93. The van der Waals surface area contributed by atoms with Gasteiger partial charge in [-0.3, -0.25) is 0 Å². The number of aryl methyl sites for hydroxylation is 1. The van der Waals surface area contributed by atoms with Gasteiger partial charge in [0.25, 0.3) is 0 Å². The van der Waals surface area contributed by atoms with Crippen molar-refractivity contribution in [2.45, 2.75) is 13.5 Å². The highest BCUT2D eigenvalue weighted by molar-refractivity contribution is 5.62. The van der Waals surface area contributed by atoms with Gasteiger partial charge in [-0.05, 0) is 0 Å². The molecule has 0 fully saturated rings. The molecular formula is C13H17N3O4. The Morgan fingerprint density at radius 1 is 1.10 bits per heavy atom. The molecule has 0 atom stereocenters. The summed E-state index contributed by atoms with van der Waals surface area (Å²) in [5, 5.41) is 6.99. The fourth-order valence-corrected chi connectivity index (χ4v) is 1.78. The predicted octanol–water partition coefficient (Wildman–Crippen LogP) is 2.02. The van der Waals surface area contributed by atoms with Gasteiger partial charge < -0.3 is 24.1 Å². The summed E-state index contributed by atoms with van der Waals surface area (Å²) in [5.41, 5.74) is 0.807. The largest absolute Gasteiger partial charge is 0.493 e. The van der Waals surface area contributed by atoms with Crippen LogP contribution in [0.1, 0.15) is 11.7 Å². The number of hydrogen-bond donors (Lipinski definition) is 1. The fourth-order valence-electron chi connectivity index (χ4n) is 1.78. The molecule has 0 aliphatic carbocycles. The number of nitrogens with one attached hydrogen (secondary N) is 1. The molecule has 7 heteroatoms. The first-order valence-corrected chi connectivity index (χ1v) is 6.01. The lowest BCUT2D eigenvalue weighted by atomic mass is 10.2. The van der Waals surface area contributed by atoms with Gasteiger partial charge in [0.1, 0.15) is 0 Å². The minimum absolute atomic E-state index is 0.440. The fraction of sp³-hybridized carbons (Fsp3) is 0.385. The molecule has 0 aliphatic rings. The minimum atomic E-state index is 0.440. The van der Waals surface area contributed by atoms with Gasteiger partial charge in [-0.25, -0.2) is 0 Å². The maximum absolute atomic E-state index is 5.28. The maximum atomic E-state index is 5.28. The van der Waals surface area contributed by atoms with Crippen LogP contribution >= 0.6 is 0 Å². The summed E-state index contributed by atoms with van der Waals surface area (Å²) in [6.07, 6.45) is 0. The van der Waals surface area contributed by atoms with E-state index in [0.717, 1.165) is 5.69 Å². The summed E-state index contributed by atoms with van der Waals surface area (Å²) in [5.74, 6) is 2.83. The highest BCUT2D eigenvalue weighted by Crippen LogP contribution is 2.39. The van der Waals surface area contributed by atoms with Crippen LogP contribution in [-0.4, -0.2) is 31.5 Å². The van der Waals surface area contributed by atoms with Crippen LogP contribution in [-0.2, 0) is 6.54 Å². The SMILES string of the molecule is COc1cc(NCc2noc(C)n2)cc(OC)c1OC. The number of hydrogen-bond acceptors (Lipinski definition) is 7. The second kappa shape index (κ2) is 6.14. The van der Waals surface area contributed by atoms with Crippen molar-refractivity contribution in [1.29, 1.82) is 0 Å². The zero-order valence-corrected chi connectivity index (χ0v) is 11.9. The number of benzene rings is 1. The molecule has 0 bridgehead atoms. The van der Waals surface area contributed by atoms with Crippen molar-refractivity contribution in [3.8, 4) is 17.2 Å². The third-order valence-electron chi connectivity index (χ3n) is 2.68. The normalized spacial score (nSPS) is 10.2. The van der Waals surface area contributed by atoms with Crippen molar-refractivity contribution < 1.29 is 18.7 Å². The molecule has 0 radical (unpaired) electrons. The highest BCUT2D eigenvalue weighted by atomic mass is 16.5. The van der Waals surface area contributed by atoms with Gasteiger partial charge in [-0.1, -0.05) is 5.16 Å². The Hall–Kier alpha value is -2.44.